The van der Waals surface area contributed by atoms with Crippen molar-refractivity contribution in [3.8, 4) is 5.75 Å². The molecule has 0 saturated heterocycles. The Morgan fingerprint density at radius 1 is 0.958 bits per heavy atom. The van der Waals surface area contributed by atoms with Crippen LogP contribution >= 0.6 is 0 Å². The van der Waals surface area contributed by atoms with E-state index in [4.69, 9.17) is 4.74 Å². The summed E-state index contributed by atoms with van der Waals surface area (Å²) >= 11 is 0. The first-order valence-electron chi connectivity index (χ1n) is 9.07. The topological polar surface area (TPSA) is 21.3 Å². The zero-order valence-electron chi connectivity index (χ0n) is 15.1. The highest BCUT2D eigenvalue weighted by Gasteiger charge is 2.26. The molecule has 0 radical (unpaired) electrons. The normalized spacial score (nSPS) is 21.0. The van der Waals surface area contributed by atoms with Crippen LogP contribution in [0.3, 0.4) is 0 Å². The van der Waals surface area contributed by atoms with Crippen LogP contribution in [0.5, 0.6) is 5.75 Å². The number of hydrogen-bond acceptors (Lipinski definition) is 2. The van der Waals surface area contributed by atoms with Crippen LogP contribution in [0.1, 0.15) is 44.2 Å². The molecule has 3 rings (SSSR count). The Hall–Kier alpha value is -1.80. The molecule has 0 bridgehead atoms. The lowest BCUT2D eigenvalue weighted by atomic mass is 9.78. The summed E-state index contributed by atoms with van der Waals surface area (Å²) < 4.78 is 6.06. The Bertz CT molecular complexity index is 633. The number of ether oxygens (including phenoxy) is 1. The summed E-state index contributed by atoms with van der Waals surface area (Å²) in [5.74, 6) is 1.61. The van der Waals surface area contributed by atoms with Gasteiger partial charge in [0.1, 0.15) is 5.75 Å². The van der Waals surface area contributed by atoms with Crippen LogP contribution in [0.2, 0.25) is 0 Å². The van der Waals surface area contributed by atoms with Crippen LogP contribution in [-0.2, 0) is 5.41 Å². The summed E-state index contributed by atoms with van der Waals surface area (Å²) in [6.45, 7) is 5.36. The Labute approximate surface area is 146 Å². The second-order valence-corrected chi connectivity index (χ2v) is 7.41. The van der Waals surface area contributed by atoms with Crippen LogP contribution < -0.4 is 10.1 Å². The minimum atomic E-state index is 0.00245. The maximum absolute atomic E-state index is 6.06. The van der Waals surface area contributed by atoms with Gasteiger partial charge in [0.2, 0.25) is 0 Å². The summed E-state index contributed by atoms with van der Waals surface area (Å²) in [7, 11) is 2.06. The van der Waals surface area contributed by atoms with Crippen molar-refractivity contribution in [3.63, 3.8) is 0 Å². The number of rotatable bonds is 6. The fraction of sp³-hybridized carbons (Fsp3) is 0.455. The van der Waals surface area contributed by atoms with Crippen molar-refractivity contribution in [2.75, 3.05) is 13.7 Å². The van der Waals surface area contributed by atoms with Gasteiger partial charge in [0, 0.05) is 17.4 Å². The Morgan fingerprint density at radius 2 is 1.62 bits per heavy atom. The maximum atomic E-state index is 6.06. The molecule has 0 aliphatic heterocycles. The fourth-order valence-corrected chi connectivity index (χ4v) is 3.81. The molecule has 128 valence electrons. The first-order valence-corrected chi connectivity index (χ1v) is 9.07. The quantitative estimate of drug-likeness (QED) is 0.826. The lowest BCUT2D eigenvalue weighted by molar-refractivity contribution is 0.229. The molecule has 0 aromatic heterocycles. The van der Waals surface area contributed by atoms with E-state index < -0.39 is 0 Å². The minimum Gasteiger partial charge on any atom is -0.493 e. The average Bonchev–Trinajstić information content (AvgIpc) is 3.08. The second-order valence-electron chi connectivity index (χ2n) is 7.41. The van der Waals surface area contributed by atoms with Crippen molar-refractivity contribution in [1.29, 1.82) is 0 Å². The van der Waals surface area contributed by atoms with E-state index in [2.05, 4.69) is 80.8 Å². The van der Waals surface area contributed by atoms with Gasteiger partial charge >= 0.3 is 0 Å². The van der Waals surface area contributed by atoms with Crippen LogP contribution in [0.25, 0.3) is 0 Å². The van der Waals surface area contributed by atoms with Gasteiger partial charge in [-0.05, 0) is 43.1 Å². The summed E-state index contributed by atoms with van der Waals surface area (Å²) in [5, 5.41) is 3.42. The van der Waals surface area contributed by atoms with Crippen LogP contribution in [0.15, 0.2) is 54.6 Å². The zero-order valence-corrected chi connectivity index (χ0v) is 15.1. The van der Waals surface area contributed by atoms with Gasteiger partial charge in [-0.25, -0.2) is 0 Å². The lowest BCUT2D eigenvalue weighted by Crippen LogP contribution is -2.32. The molecule has 1 aliphatic carbocycles. The third-order valence-corrected chi connectivity index (χ3v) is 5.57. The highest BCUT2D eigenvalue weighted by atomic mass is 16.5. The largest absolute Gasteiger partial charge is 0.493 e. The van der Waals surface area contributed by atoms with Crippen LogP contribution in [0, 0.1) is 5.92 Å². The van der Waals surface area contributed by atoms with E-state index in [-0.39, 0.29) is 5.41 Å². The molecule has 2 atom stereocenters. The Morgan fingerprint density at radius 3 is 2.29 bits per heavy atom. The van der Waals surface area contributed by atoms with E-state index in [0.29, 0.717) is 12.0 Å². The summed E-state index contributed by atoms with van der Waals surface area (Å²) in [4.78, 5) is 0. The van der Waals surface area contributed by atoms with Gasteiger partial charge in [-0.3, -0.25) is 0 Å². The zero-order chi connectivity index (χ0) is 17.0. The van der Waals surface area contributed by atoms with E-state index >= 15 is 0 Å². The summed E-state index contributed by atoms with van der Waals surface area (Å²) in [5.41, 5.74) is 2.65. The van der Waals surface area contributed by atoms with E-state index in [1.165, 1.54) is 30.4 Å². The van der Waals surface area contributed by atoms with Gasteiger partial charge in [-0.15, -0.1) is 0 Å². The monoisotopic (exact) mass is 323 g/mol. The third kappa shape index (κ3) is 3.64. The Kier molecular flexibility index (Phi) is 5.25. The van der Waals surface area contributed by atoms with Crippen molar-refractivity contribution in [2.45, 2.75) is 44.6 Å². The maximum Gasteiger partial charge on any atom is 0.119 e. The fourth-order valence-electron chi connectivity index (χ4n) is 3.81. The molecule has 2 nitrogen and oxygen atoms in total. The molecule has 2 aromatic carbocycles. The van der Waals surface area contributed by atoms with E-state index in [1.807, 2.05) is 0 Å². The standard InChI is InChI=1S/C22H29NO/c1-22(2,18-9-5-4-6-10-18)19-12-14-20(15-13-19)24-16-17-8-7-11-21(17)23-3/h4-6,9-10,12-15,17,21,23H,7-8,11,16H2,1-3H3/t17-,21-/m1/s1. The van der Waals surface area contributed by atoms with E-state index in [1.54, 1.807) is 0 Å². The molecule has 0 heterocycles. The molecular formula is C22H29NO. The molecule has 1 saturated carbocycles. The van der Waals surface area contributed by atoms with Crippen molar-refractivity contribution in [3.05, 3.63) is 65.7 Å². The van der Waals surface area contributed by atoms with Gasteiger partial charge in [-0.1, -0.05) is 62.7 Å². The van der Waals surface area contributed by atoms with Gasteiger partial charge in [0.15, 0.2) is 0 Å². The summed E-state index contributed by atoms with van der Waals surface area (Å²) in [6, 6.07) is 19.9. The smallest absolute Gasteiger partial charge is 0.119 e. The molecule has 0 spiro atoms. The second kappa shape index (κ2) is 7.40. The first-order chi connectivity index (χ1) is 11.6. The van der Waals surface area contributed by atoms with Gasteiger partial charge in [-0.2, -0.15) is 0 Å². The van der Waals surface area contributed by atoms with Gasteiger partial charge in [0.25, 0.3) is 0 Å². The highest BCUT2D eigenvalue weighted by molar-refractivity contribution is 5.39. The van der Waals surface area contributed by atoms with Crippen molar-refractivity contribution < 1.29 is 4.74 Å². The third-order valence-electron chi connectivity index (χ3n) is 5.57. The molecule has 24 heavy (non-hydrogen) atoms. The molecule has 0 amide bonds. The van der Waals surface area contributed by atoms with Gasteiger partial charge in [0.05, 0.1) is 6.61 Å². The van der Waals surface area contributed by atoms with Crippen LogP contribution in [0.4, 0.5) is 0 Å². The molecule has 0 unspecified atom stereocenters. The highest BCUT2D eigenvalue weighted by Crippen LogP contribution is 2.32. The minimum absolute atomic E-state index is 0.00245. The molecule has 1 N–H and O–H groups in total. The lowest BCUT2D eigenvalue weighted by Gasteiger charge is -2.26. The van der Waals surface area contributed by atoms with E-state index in [9.17, 15) is 0 Å². The predicted molar refractivity (Wildman–Crippen MR) is 101 cm³/mol. The number of nitrogens with one attached hydrogen (secondary N) is 1. The average molecular weight is 323 g/mol. The molecule has 2 heteroatoms. The van der Waals surface area contributed by atoms with E-state index in [0.717, 1.165) is 12.4 Å². The van der Waals surface area contributed by atoms with Crippen LogP contribution in [-0.4, -0.2) is 19.7 Å². The number of hydrogen-bond donors (Lipinski definition) is 1. The first kappa shape index (κ1) is 17.0. The molecule has 2 aromatic rings. The van der Waals surface area contributed by atoms with Crippen molar-refractivity contribution in [1.82, 2.24) is 5.32 Å². The summed E-state index contributed by atoms with van der Waals surface area (Å²) in [6.07, 6.45) is 3.85. The predicted octanol–water partition coefficient (Wildman–Crippen LogP) is 4.78. The molecule has 1 fully saturated rings. The Balaban J connectivity index is 1.65. The molecular weight excluding hydrogens is 294 g/mol. The molecule has 1 aliphatic rings. The van der Waals surface area contributed by atoms with Crippen molar-refractivity contribution >= 4 is 0 Å². The number of benzene rings is 2. The van der Waals surface area contributed by atoms with Crippen molar-refractivity contribution in [2.24, 2.45) is 5.92 Å². The SMILES string of the molecule is CN[C@@H]1CCC[C@@H]1COc1ccc(C(C)(C)c2ccccc2)cc1. The van der Waals surface area contributed by atoms with Gasteiger partial charge < -0.3 is 10.1 Å².